The molecular weight excluding hydrogens is 122 g/mol. The van der Waals surface area contributed by atoms with Gasteiger partial charge in [0.2, 0.25) is 0 Å². The van der Waals surface area contributed by atoms with Crippen molar-refractivity contribution in [3.05, 3.63) is 11.6 Å². The summed E-state index contributed by atoms with van der Waals surface area (Å²) < 4.78 is 0. The van der Waals surface area contributed by atoms with Crippen LogP contribution in [-0.4, -0.2) is 13.1 Å². The van der Waals surface area contributed by atoms with Gasteiger partial charge in [0.1, 0.15) is 0 Å². The molecule has 0 aromatic heterocycles. The standard InChI is InChI=1S/C6H8ClN/c1-3-4-8-5-6(2)7/h1,8H,2,4-5H2. The van der Waals surface area contributed by atoms with Gasteiger partial charge in [-0.2, -0.15) is 0 Å². The average molecular weight is 130 g/mol. The molecule has 0 bridgehead atoms. The third-order valence-electron chi connectivity index (χ3n) is 0.544. The Morgan fingerprint density at radius 1 is 1.88 bits per heavy atom. The first-order valence-electron chi connectivity index (χ1n) is 2.25. The van der Waals surface area contributed by atoms with Gasteiger partial charge >= 0.3 is 0 Å². The van der Waals surface area contributed by atoms with Crippen molar-refractivity contribution in [1.29, 1.82) is 0 Å². The molecule has 2 heteroatoms. The summed E-state index contributed by atoms with van der Waals surface area (Å²) in [5.74, 6) is 2.41. The molecule has 0 saturated carbocycles. The number of nitrogens with one attached hydrogen (secondary N) is 1. The van der Waals surface area contributed by atoms with Gasteiger partial charge in [-0.25, -0.2) is 0 Å². The molecule has 0 atom stereocenters. The quantitative estimate of drug-likeness (QED) is 0.442. The molecular formula is C6H8ClN. The fourth-order valence-electron chi connectivity index (χ4n) is 0.270. The van der Waals surface area contributed by atoms with E-state index in [1.807, 2.05) is 0 Å². The second-order valence-electron chi connectivity index (χ2n) is 1.32. The predicted molar refractivity (Wildman–Crippen MR) is 36.7 cm³/mol. The van der Waals surface area contributed by atoms with E-state index in [1.54, 1.807) is 0 Å². The minimum absolute atomic E-state index is 0.547. The summed E-state index contributed by atoms with van der Waals surface area (Å²) in [5, 5.41) is 3.45. The van der Waals surface area contributed by atoms with Gasteiger partial charge < -0.3 is 5.32 Å². The van der Waals surface area contributed by atoms with Crippen LogP contribution in [0.3, 0.4) is 0 Å². The Morgan fingerprint density at radius 3 is 2.88 bits per heavy atom. The van der Waals surface area contributed by atoms with E-state index in [4.69, 9.17) is 18.0 Å². The van der Waals surface area contributed by atoms with Crippen molar-refractivity contribution in [2.75, 3.05) is 13.1 Å². The van der Waals surface area contributed by atoms with Gasteiger partial charge in [0.25, 0.3) is 0 Å². The lowest BCUT2D eigenvalue weighted by Gasteiger charge is -1.93. The molecule has 0 unspecified atom stereocenters. The summed E-state index contributed by atoms with van der Waals surface area (Å²) in [6, 6.07) is 0. The summed E-state index contributed by atoms with van der Waals surface area (Å²) in [5.41, 5.74) is 0. The highest BCUT2D eigenvalue weighted by molar-refractivity contribution is 6.29. The van der Waals surface area contributed by atoms with Crippen molar-refractivity contribution in [2.45, 2.75) is 0 Å². The molecule has 8 heavy (non-hydrogen) atoms. The van der Waals surface area contributed by atoms with Crippen LogP contribution in [0.2, 0.25) is 0 Å². The summed E-state index contributed by atoms with van der Waals surface area (Å²) in [7, 11) is 0. The zero-order valence-electron chi connectivity index (χ0n) is 4.58. The molecule has 0 fully saturated rings. The van der Waals surface area contributed by atoms with Gasteiger partial charge in [-0.05, 0) is 0 Å². The van der Waals surface area contributed by atoms with Crippen LogP contribution in [0.15, 0.2) is 11.6 Å². The maximum atomic E-state index is 5.39. The van der Waals surface area contributed by atoms with Crippen LogP contribution in [0.25, 0.3) is 0 Å². The van der Waals surface area contributed by atoms with Crippen molar-refractivity contribution < 1.29 is 0 Å². The Hall–Kier alpha value is -0.450. The number of rotatable bonds is 3. The van der Waals surface area contributed by atoms with Crippen molar-refractivity contribution in [1.82, 2.24) is 5.32 Å². The summed E-state index contributed by atoms with van der Waals surface area (Å²) in [4.78, 5) is 0. The molecule has 44 valence electrons. The van der Waals surface area contributed by atoms with E-state index in [0.717, 1.165) is 0 Å². The lowest BCUT2D eigenvalue weighted by Crippen LogP contribution is -2.14. The summed E-state index contributed by atoms with van der Waals surface area (Å²) >= 11 is 5.39. The molecule has 0 aromatic carbocycles. The first-order valence-corrected chi connectivity index (χ1v) is 2.62. The lowest BCUT2D eigenvalue weighted by atomic mass is 10.6. The van der Waals surface area contributed by atoms with E-state index in [0.29, 0.717) is 18.1 Å². The zero-order chi connectivity index (χ0) is 6.41. The van der Waals surface area contributed by atoms with Crippen LogP contribution in [0.4, 0.5) is 0 Å². The van der Waals surface area contributed by atoms with Crippen LogP contribution < -0.4 is 5.32 Å². The normalized spacial score (nSPS) is 8.00. The molecule has 0 rings (SSSR count). The first-order chi connectivity index (χ1) is 3.77. The molecule has 0 radical (unpaired) electrons. The Balaban J connectivity index is 2.97. The van der Waals surface area contributed by atoms with Crippen molar-refractivity contribution in [2.24, 2.45) is 0 Å². The fraction of sp³-hybridized carbons (Fsp3) is 0.333. The maximum absolute atomic E-state index is 5.39. The average Bonchev–Trinajstić information content (AvgIpc) is 1.66. The highest BCUT2D eigenvalue weighted by atomic mass is 35.5. The summed E-state index contributed by atoms with van der Waals surface area (Å²) in [6.45, 7) is 4.60. The topological polar surface area (TPSA) is 12.0 Å². The van der Waals surface area contributed by atoms with Gasteiger partial charge in [-0.1, -0.05) is 24.1 Å². The largest absolute Gasteiger partial charge is 0.301 e. The molecule has 0 aliphatic heterocycles. The molecule has 0 heterocycles. The third-order valence-corrected chi connectivity index (χ3v) is 0.678. The van der Waals surface area contributed by atoms with E-state index in [-0.39, 0.29) is 0 Å². The van der Waals surface area contributed by atoms with E-state index in [2.05, 4.69) is 17.8 Å². The number of halogens is 1. The highest BCUT2D eigenvalue weighted by Gasteiger charge is 1.82. The SMILES string of the molecule is C#CCNCC(=C)Cl. The van der Waals surface area contributed by atoms with Crippen molar-refractivity contribution in [3.63, 3.8) is 0 Å². The van der Waals surface area contributed by atoms with Crippen LogP contribution in [0.5, 0.6) is 0 Å². The Kier molecular flexibility index (Phi) is 4.44. The van der Waals surface area contributed by atoms with Crippen LogP contribution >= 0.6 is 11.6 Å². The van der Waals surface area contributed by atoms with Crippen LogP contribution in [-0.2, 0) is 0 Å². The first kappa shape index (κ1) is 7.55. The van der Waals surface area contributed by atoms with Gasteiger partial charge in [0, 0.05) is 11.6 Å². The minimum atomic E-state index is 0.547. The molecule has 1 nitrogen and oxygen atoms in total. The van der Waals surface area contributed by atoms with Gasteiger partial charge in [0.15, 0.2) is 0 Å². The van der Waals surface area contributed by atoms with E-state index in [9.17, 15) is 0 Å². The zero-order valence-corrected chi connectivity index (χ0v) is 5.33. The Bertz CT molecular complexity index is 112. The van der Waals surface area contributed by atoms with Crippen molar-refractivity contribution in [3.8, 4) is 12.3 Å². The second kappa shape index (κ2) is 4.70. The lowest BCUT2D eigenvalue weighted by molar-refractivity contribution is 0.850. The Morgan fingerprint density at radius 2 is 2.50 bits per heavy atom. The minimum Gasteiger partial charge on any atom is -0.301 e. The predicted octanol–water partition coefficient (Wildman–Crippen LogP) is 0.962. The number of terminal acetylenes is 1. The van der Waals surface area contributed by atoms with E-state index in [1.165, 1.54) is 0 Å². The molecule has 0 spiro atoms. The third kappa shape index (κ3) is 5.55. The monoisotopic (exact) mass is 129 g/mol. The van der Waals surface area contributed by atoms with Crippen LogP contribution in [0.1, 0.15) is 0 Å². The smallest absolute Gasteiger partial charge is 0.0576 e. The Labute approximate surface area is 54.7 Å². The van der Waals surface area contributed by atoms with Crippen molar-refractivity contribution >= 4 is 11.6 Å². The summed E-state index contributed by atoms with van der Waals surface area (Å²) in [6.07, 6.45) is 4.93. The molecule has 1 N–H and O–H groups in total. The molecule has 0 aliphatic rings. The van der Waals surface area contributed by atoms with Gasteiger partial charge in [0.05, 0.1) is 6.54 Å². The second-order valence-corrected chi connectivity index (χ2v) is 1.86. The van der Waals surface area contributed by atoms with Crippen LogP contribution in [0, 0.1) is 12.3 Å². The van der Waals surface area contributed by atoms with E-state index < -0.39 is 0 Å². The number of hydrogen-bond acceptors (Lipinski definition) is 1. The van der Waals surface area contributed by atoms with Gasteiger partial charge in [-0.15, -0.1) is 6.42 Å². The van der Waals surface area contributed by atoms with E-state index >= 15 is 0 Å². The fourth-order valence-corrected chi connectivity index (χ4v) is 0.365. The molecule has 0 saturated heterocycles. The highest BCUT2D eigenvalue weighted by Crippen LogP contribution is 1.90. The molecule has 0 amide bonds. The number of hydrogen-bond donors (Lipinski definition) is 1. The van der Waals surface area contributed by atoms with Gasteiger partial charge in [-0.3, -0.25) is 0 Å². The molecule has 0 aromatic rings. The maximum Gasteiger partial charge on any atom is 0.0576 e. The molecule has 0 aliphatic carbocycles.